The van der Waals surface area contributed by atoms with E-state index in [1.807, 2.05) is 0 Å². The molecule has 6 heterocycles. The average molecular weight is 541 g/mol. The van der Waals surface area contributed by atoms with Gasteiger partial charge in [0.05, 0.1) is 30.8 Å². The molecule has 1 amide bonds. The predicted molar refractivity (Wildman–Crippen MR) is 153 cm³/mol. The van der Waals surface area contributed by atoms with Gasteiger partial charge in [-0.3, -0.25) is 4.79 Å². The fourth-order valence-electron chi connectivity index (χ4n) is 6.32. The van der Waals surface area contributed by atoms with E-state index in [0.29, 0.717) is 44.8 Å². The van der Waals surface area contributed by atoms with Crippen LogP contribution in [-0.2, 0) is 17.8 Å². The summed E-state index contributed by atoms with van der Waals surface area (Å²) in [6, 6.07) is 13.3. The van der Waals surface area contributed by atoms with Crippen molar-refractivity contribution in [1.82, 2.24) is 24.2 Å². The standard InChI is InChI=1S/C30H36N8O2/c1-3-28(39)38-18-17-36(19-23(38)11-13-31)29-25-12-16-35(27-10-4-7-22-8-6-15-37(22)27)20-26(25)32-30(33-29)40-21-24-9-5-14-34(24)2/h3-4,6-8,10,15,23-24H,1,5,9,11-12,14,16-21H2,2H3. The average Bonchev–Trinajstić information content (AvgIpc) is 3.63. The Kier molecular flexibility index (Phi) is 7.30. The second kappa shape index (κ2) is 11.2. The van der Waals surface area contributed by atoms with E-state index >= 15 is 0 Å². The van der Waals surface area contributed by atoms with Gasteiger partial charge >= 0.3 is 6.01 Å². The molecule has 0 saturated carbocycles. The van der Waals surface area contributed by atoms with Crippen molar-refractivity contribution >= 4 is 23.1 Å². The number of likely N-dealkylation sites (N-methyl/N-ethyl adjacent to an activating group) is 1. The van der Waals surface area contributed by atoms with E-state index < -0.39 is 0 Å². The Hall–Kier alpha value is -4.10. The van der Waals surface area contributed by atoms with E-state index in [1.54, 1.807) is 4.90 Å². The van der Waals surface area contributed by atoms with Crippen LogP contribution in [0, 0.1) is 11.3 Å². The number of pyridine rings is 1. The van der Waals surface area contributed by atoms with Crippen molar-refractivity contribution in [3.05, 3.63) is 60.4 Å². The highest BCUT2D eigenvalue weighted by Gasteiger charge is 2.33. The molecule has 3 aliphatic heterocycles. The molecule has 6 rings (SSSR count). The highest BCUT2D eigenvalue weighted by molar-refractivity contribution is 5.87. The topological polar surface area (TPSA) is 93.2 Å². The largest absolute Gasteiger partial charge is 0.462 e. The zero-order valence-corrected chi connectivity index (χ0v) is 23.1. The van der Waals surface area contributed by atoms with Gasteiger partial charge in [0.25, 0.3) is 0 Å². The summed E-state index contributed by atoms with van der Waals surface area (Å²) < 4.78 is 8.47. The fourth-order valence-corrected chi connectivity index (χ4v) is 6.32. The molecule has 3 aromatic rings. The van der Waals surface area contributed by atoms with Crippen LogP contribution in [0.15, 0.2) is 49.2 Å². The maximum atomic E-state index is 12.5. The Morgan fingerprint density at radius 3 is 2.83 bits per heavy atom. The summed E-state index contributed by atoms with van der Waals surface area (Å²) >= 11 is 0. The molecule has 10 heteroatoms. The summed E-state index contributed by atoms with van der Waals surface area (Å²) in [4.78, 5) is 31.1. The molecule has 0 aromatic carbocycles. The van der Waals surface area contributed by atoms with Crippen LogP contribution in [0.4, 0.5) is 11.6 Å². The SMILES string of the molecule is C=CC(=O)N1CCN(c2nc(OCC3CCCN3C)nc3c2CCN(c2cccc4cccn24)C3)CC1CC#N. The first kappa shape index (κ1) is 26.1. The Balaban J connectivity index is 1.32. The molecule has 0 bridgehead atoms. The van der Waals surface area contributed by atoms with Gasteiger partial charge in [0.2, 0.25) is 5.91 Å². The van der Waals surface area contributed by atoms with Crippen LogP contribution >= 0.6 is 0 Å². The number of nitriles is 1. The highest BCUT2D eigenvalue weighted by atomic mass is 16.5. The molecule has 2 unspecified atom stereocenters. The number of amides is 1. The first-order valence-corrected chi connectivity index (χ1v) is 14.1. The van der Waals surface area contributed by atoms with Gasteiger partial charge in [-0.25, -0.2) is 0 Å². The maximum absolute atomic E-state index is 12.5. The molecule has 10 nitrogen and oxygen atoms in total. The molecule has 0 aliphatic carbocycles. The number of fused-ring (bicyclic) bond motifs is 2. The number of likely N-dealkylation sites (tertiary alicyclic amines) is 1. The third-order valence-corrected chi connectivity index (χ3v) is 8.53. The van der Waals surface area contributed by atoms with Crippen molar-refractivity contribution in [3.8, 4) is 12.1 Å². The van der Waals surface area contributed by atoms with E-state index in [0.717, 1.165) is 54.3 Å². The van der Waals surface area contributed by atoms with E-state index in [1.165, 1.54) is 12.5 Å². The quantitative estimate of drug-likeness (QED) is 0.423. The molecule has 0 N–H and O–H groups in total. The first-order valence-electron chi connectivity index (χ1n) is 14.1. The Bertz CT molecular complexity index is 1450. The number of carbonyl (C=O) groups excluding carboxylic acids is 1. The maximum Gasteiger partial charge on any atom is 0.318 e. The molecular formula is C30H36N8O2. The summed E-state index contributed by atoms with van der Waals surface area (Å²) in [5.41, 5.74) is 3.25. The molecule has 2 fully saturated rings. The van der Waals surface area contributed by atoms with Crippen LogP contribution in [0.5, 0.6) is 6.01 Å². The van der Waals surface area contributed by atoms with Crippen molar-refractivity contribution < 1.29 is 9.53 Å². The Morgan fingerprint density at radius 2 is 2.02 bits per heavy atom. The zero-order valence-electron chi connectivity index (χ0n) is 23.1. The van der Waals surface area contributed by atoms with Crippen molar-refractivity contribution in [1.29, 1.82) is 5.26 Å². The van der Waals surface area contributed by atoms with Crippen LogP contribution < -0.4 is 14.5 Å². The fraction of sp³-hybridized carbons (Fsp3) is 0.467. The lowest BCUT2D eigenvalue weighted by molar-refractivity contribution is -0.128. The minimum atomic E-state index is -0.224. The number of hydrogen-bond donors (Lipinski definition) is 0. The number of carbonyl (C=O) groups is 1. The molecule has 3 aromatic heterocycles. The van der Waals surface area contributed by atoms with E-state index in [9.17, 15) is 10.1 Å². The van der Waals surface area contributed by atoms with Crippen molar-refractivity contribution in [2.45, 2.75) is 44.3 Å². The number of hydrogen-bond acceptors (Lipinski definition) is 8. The van der Waals surface area contributed by atoms with Gasteiger partial charge in [-0.2, -0.15) is 15.2 Å². The van der Waals surface area contributed by atoms with Gasteiger partial charge in [0.15, 0.2) is 0 Å². The molecule has 40 heavy (non-hydrogen) atoms. The minimum Gasteiger partial charge on any atom is -0.462 e. The Labute approximate surface area is 235 Å². The number of ether oxygens (including phenoxy) is 1. The minimum absolute atomic E-state index is 0.135. The van der Waals surface area contributed by atoms with Crippen molar-refractivity contribution in [3.63, 3.8) is 0 Å². The second-order valence-electron chi connectivity index (χ2n) is 10.9. The number of piperazine rings is 1. The normalized spacial score (nSPS) is 21.4. The summed E-state index contributed by atoms with van der Waals surface area (Å²) in [6.07, 6.45) is 6.76. The van der Waals surface area contributed by atoms with Gasteiger partial charge in [0, 0.05) is 49.5 Å². The lowest BCUT2D eigenvalue weighted by atomic mass is 10.0. The third kappa shape index (κ3) is 4.97. The summed E-state index contributed by atoms with van der Waals surface area (Å²) in [7, 11) is 2.14. The molecular weight excluding hydrogens is 504 g/mol. The zero-order chi connectivity index (χ0) is 27.6. The number of rotatable bonds is 7. The molecule has 0 spiro atoms. The van der Waals surface area contributed by atoms with E-state index in [2.05, 4.69) is 75.3 Å². The molecule has 0 radical (unpaired) electrons. The van der Waals surface area contributed by atoms with Gasteiger partial charge in [-0.15, -0.1) is 0 Å². The first-order chi connectivity index (χ1) is 19.6. The van der Waals surface area contributed by atoms with E-state index in [4.69, 9.17) is 14.7 Å². The highest BCUT2D eigenvalue weighted by Crippen LogP contribution is 2.33. The lowest BCUT2D eigenvalue weighted by Crippen LogP contribution is -2.55. The van der Waals surface area contributed by atoms with Gasteiger partial charge in [-0.05, 0) is 63.2 Å². The predicted octanol–water partition coefficient (Wildman–Crippen LogP) is 2.88. The van der Waals surface area contributed by atoms with Gasteiger partial charge < -0.3 is 28.7 Å². The third-order valence-electron chi connectivity index (χ3n) is 8.53. The van der Waals surface area contributed by atoms with Crippen LogP contribution in [-0.4, -0.2) is 88.5 Å². The second-order valence-corrected chi connectivity index (χ2v) is 10.9. The van der Waals surface area contributed by atoms with Crippen LogP contribution in [0.1, 0.15) is 30.5 Å². The smallest absolute Gasteiger partial charge is 0.318 e. The molecule has 208 valence electrons. The van der Waals surface area contributed by atoms with Crippen LogP contribution in [0.2, 0.25) is 0 Å². The van der Waals surface area contributed by atoms with E-state index in [-0.39, 0.29) is 18.4 Å². The van der Waals surface area contributed by atoms with Crippen molar-refractivity contribution in [2.24, 2.45) is 0 Å². The molecule has 3 aliphatic rings. The monoisotopic (exact) mass is 540 g/mol. The van der Waals surface area contributed by atoms with Crippen LogP contribution in [0.3, 0.4) is 0 Å². The van der Waals surface area contributed by atoms with Crippen molar-refractivity contribution in [2.75, 3.05) is 56.2 Å². The summed E-state index contributed by atoms with van der Waals surface area (Å²) in [5.74, 6) is 1.87. The summed E-state index contributed by atoms with van der Waals surface area (Å²) in [6.45, 7) is 8.45. The molecule has 2 atom stereocenters. The number of nitrogens with zero attached hydrogens (tertiary/aromatic N) is 8. The number of aromatic nitrogens is 3. The number of anilines is 2. The van der Waals surface area contributed by atoms with Crippen LogP contribution in [0.25, 0.3) is 5.52 Å². The Morgan fingerprint density at radius 1 is 1.15 bits per heavy atom. The molecule has 2 saturated heterocycles. The lowest BCUT2D eigenvalue weighted by Gasteiger charge is -2.42. The van der Waals surface area contributed by atoms with Gasteiger partial charge in [-0.1, -0.05) is 12.6 Å². The summed E-state index contributed by atoms with van der Waals surface area (Å²) in [5, 5.41) is 9.49. The van der Waals surface area contributed by atoms with Gasteiger partial charge in [0.1, 0.15) is 18.2 Å².